The molecule has 0 spiro atoms. The van der Waals surface area contributed by atoms with Gasteiger partial charge in [-0.05, 0) is 32.5 Å². The molecule has 16 heavy (non-hydrogen) atoms. The molecule has 0 aliphatic rings. The predicted octanol–water partition coefficient (Wildman–Crippen LogP) is 1.82. The molecule has 2 aromatic rings. The number of nitrogens with two attached hydrogens (primary N) is 1. The molecule has 0 bridgehead atoms. The van der Waals surface area contributed by atoms with Crippen molar-refractivity contribution < 1.29 is 5.11 Å². The number of aromatic nitrogens is 2. The van der Waals surface area contributed by atoms with E-state index >= 15 is 0 Å². The Labute approximate surface area is 94.7 Å². The number of phenolic OH excluding ortho intramolecular Hbond substituents is 1. The van der Waals surface area contributed by atoms with Crippen LogP contribution in [0.5, 0.6) is 5.75 Å². The summed E-state index contributed by atoms with van der Waals surface area (Å²) in [5.74, 6) is 0.285. The number of hydrogen-bond donors (Lipinski definition) is 2. The van der Waals surface area contributed by atoms with Crippen molar-refractivity contribution in [3.05, 3.63) is 23.9 Å². The van der Waals surface area contributed by atoms with Crippen LogP contribution in [-0.4, -0.2) is 21.4 Å². The predicted molar refractivity (Wildman–Crippen MR) is 64.5 cm³/mol. The van der Waals surface area contributed by atoms with Gasteiger partial charge in [0.15, 0.2) is 0 Å². The Hall–Kier alpha value is -1.55. The van der Waals surface area contributed by atoms with Crippen LogP contribution in [0, 0.1) is 0 Å². The Morgan fingerprint density at radius 3 is 2.81 bits per heavy atom. The Kier molecular flexibility index (Phi) is 2.83. The van der Waals surface area contributed by atoms with Gasteiger partial charge in [-0.15, -0.1) is 0 Å². The fourth-order valence-electron chi connectivity index (χ4n) is 2.00. The van der Waals surface area contributed by atoms with Crippen molar-refractivity contribution in [1.82, 2.24) is 9.78 Å². The maximum absolute atomic E-state index is 9.88. The van der Waals surface area contributed by atoms with Crippen LogP contribution < -0.4 is 5.73 Å². The molecule has 0 aliphatic carbocycles. The van der Waals surface area contributed by atoms with Gasteiger partial charge in [0.1, 0.15) is 5.75 Å². The highest BCUT2D eigenvalue weighted by Crippen LogP contribution is 2.29. The van der Waals surface area contributed by atoms with Crippen LogP contribution in [0.3, 0.4) is 0 Å². The van der Waals surface area contributed by atoms with E-state index in [1.54, 1.807) is 6.07 Å². The molecule has 0 atom stereocenters. The molecule has 0 fully saturated rings. The van der Waals surface area contributed by atoms with Crippen LogP contribution >= 0.6 is 0 Å². The van der Waals surface area contributed by atoms with Crippen molar-refractivity contribution in [3.63, 3.8) is 0 Å². The summed E-state index contributed by atoms with van der Waals surface area (Å²) in [4.78, 5) is 0. The summed E-state index contributed by atoms with van der Waals surface area (Å²) in [6.07, 6.45) is 0.728. The summed E-state index contributed by atoms with van der Waals surface area (Å²) < 4.78 is 1.94. The second-order valence-corrected chi connectivity index (χ2v) is 4.19. The SMILES string of the molecule is CC(C)n1nc2cccc(O)c2c1CCN. The third kappa shape index (κ3) is 1.65. The van der Waals surface area contributed by atoms with Crippen LogP contribution in [-0.2, 0) is 6.42 Å². The van der Waals surface area contributed by atoms with Crippen molar-refractivity contribution in [3.8, 4) is 5.75 Å². The van der Waals surface area contributed by atoms with Gasteiger partial charge >= 0.3 is 0 Å². The minimum atomic E-state index is 0.272. The van der Waals surface area contributed by atoms with E-state index in [4.69, 9.17) is 5.73 Å². The molecule has 86 valence electrons. The minimum absolute atomic E-state index is 0.272. The number of hydrogen-bond acceptors (Lipinski definition) is 3. The summed E-state index contributed by atoms with van der Waals surface area (Å²) in [5, 5.41) is 15.2. The molecule has 4 heteroatoms. The zero-order valence-corrected chi connectivity index (χ0v) is 9.64. The summed E-state index contributed by atoms with van der Waals surface area (Å²) in [5.41, 5.74) is 7.46. The first kappa shape index (κ1) is 11.0. The summed E-state index contributed by atoms with van der Waals surface area (Å²) >= 11 is 0. The van der Waals surface area contributed by atoms with Gasteiger partial charge in [0, 0.05) is 12.5 Å². The lowest BCUT2D eigenvalue weighted by Gasteiger charge is -2.10. The van der Waals surface area contributed by atoms with Gasteiger partial charge in [0.2, 0.25) is 0 Å². The van der Waals surface area contributed by atoms with E-state index in [1.165, 1.54) is 0 Å². The molecule has 2 rings (SSSR count). The van der Waals surface area contributed by atoms with E-state index in [1.807, 2.05) is 16.8 Å². The Bertz CT molecular complexity index is 502. The van der Waals surface area contributed by atoms with Crippen molar-refractivity contribution in [2.75, 3.05) is 6.54 Å². The number of aromatic hydroxyl groups is 1. The summed E-state index contributed by atoms with van der Waals surface area (Å²) in [6.45, 7) is 4.70. The highest BCUT2D eigenvalue weighted by atomic mass is 16.3. The van der Waals surface area contributed by atoms with Crippen LogP contribution in [0.15, 0.2) is 18.2 Å². The van der Waals surface area contributed by atoms with E-state index in [-0.39, 0.29) is 11.8 Å². The number of benzene rings is 1. The third-order valence-electron chi connectivity index (χ3n) is 2.67. The first-order valence-corrected chi connectivity index (χ1v) is 5.54. The maximum Gasteiger partial charge on any atom is 0.126 e. The quantitative estimate of drug-likeness (QED) is 0.827. The molecular formula is C12H17N3O. The Morgan fingerprint density at radius 2 is 2.19 bits per heavy atom. The lowest BCUT2D eigenvalue weighted by atomic mass is 10.1. The van der Waals surface area contributed by atoms with E-state index in [0.717, 1.165) is 23.0 Å². The van der Waals surface area contributed by atoms with Crippen molar-refractivity contribution in [1.29, 1.82) is 0 Å². The van der Waals surface area contributed by atoms with Crippen LogP contribution in [0.4, 0.5) is 0 Å². The second kappa shape index (κ2) is 4.14. The van der Waals surface area contributed by atoms with Gasteiger partial charge in [0.05, 0.1) is 16.6 Å². The van der Waals surface area contributed by atoms with Gasteiger partial charge in [0.25, 0.3) is 0 Å². The summed E-state index contributed by atoms with van der Waals surface area (Å²) in [6, 6.07) is 5.68. The molecule has 1 heterocycles. The molecule has 0 unspecified atom stereocenters. The fraction of sp³-hybridized carbons (Fsp3) is 0.417. The van der Waals surface area contributed by atoms with Crippen molar-refractivity contribution in [2.24, 2.45) is 5.73 Å². The largest absolute Gasteiger partial charge is 0.507 e. The molecule has 4 nitrogen and oxygen atoms in total. The molecular weight excluding hydrogens is 202 g/mol. The topological polar surface area (TPSA) is 64.1 Å². The fourth-order valence-corrected chi connectivity index (χ4v) is 2.00. The van der Waals surface area contributed by atoms with Gasteiger partial charge in [-0.3, -0.25) is 4.68 Å². The molecule has 3 N–H and O–H groups in total. The molecule has 0 radical (unpaired) electrons. The van der Waals surface area contributed by atoms with Crippen LogP contribution in [0.25, 0.3) is 10.9 Å². The van der Waals surface area contributed by atoms with Gasteiger partial charge in [-0.25, -0.2) is 0 Å². The molecule has 1 aromatic carbocycles. The van der Waals surface area contributed by atoms with Gasteiger partial charge < -0.3 is 10.8 Å². The lowest BCUT2D eigenvalue weighted by molar-refractivity contribution is 0.479. The standard InChI is InChI=1S/C12H17N3O/c1-8(2)15-10(6-7-13)12-9(14-15)4-3-5-11(12)16/h3-5,8,16H,6-7,13H2,1-2H3. The van der Waals surface area contributed by atoms with E-state index in [0.29, 0.717) is 6.54 Å². The van der Waals surface area contributed by atoms with Crippen molar-refractivity contribution in [2.45, 2.75) is 26.3 Å². The average molecular weight is 219 g/mol. The number of phenols is 1. The number of nitrogens with zero attached hydrogens (tertiary/aromatic N) is 2. The first-order valence-electron chi connectivity index (χ1n) is 5.54. The van der Waals surface area contributed by atoms with Gasteiger partial charge in [-0.1, -0.05) is 6.07 Å². The summed E-state index contributed by atoms with van der Waals surface area (Å²) in [7, 11) is 0. The minimum Gasteiger partial charge on any atom is -0.507 e. The molecule has 0 saturated heterocycles. The molecule has 0 aliphatic heterocycles. The number of fused-ring (bicyclic) bond motifs is 1. The molecule has 1 aromatic heterocycles. The van der Waals surface area contributed by atoms with Crippen molar-refractivity contribution >= 4 is 10.9 Å². The Morgan fingerprint density at radius 1 is 1.44 bits per heavy atom. The van der Waals surface area contributed by atoms with E-state index < -0.39 is 0 Å². The van der Waals surface area contributed by atoms with Crippen LogP contribution in [0.2, 0.25) is 0 Å². The highest BCUT2D eigenvalue weighted by molar-refractivity contribution is 5.87. The van der Waals surface area contributed by atoms with Gasteiger partial charge in [-0.2, -0.15) is 5.10 Å². The smallest absolute Gasteiger partial charge is 0.126 e. The first-order chi connectivity index (χ1) is 7.65. The van der Waals surface area contributed by atoms with E-state index in [2.05, 4.69) is 18.9 Å². The Balaban J connectivity index is 2.72. The second-order valence-electron chi connectivity index (χ2n) is 4.19. The normalized spacial score (nSPS) is 11.5. The third-order valence-corrected chi connectivity index (χ3v) is 2.67. The lowest BCUT2D eigenvalue weighted by Crippen LogP contribution is -2.12. The molecule has 0 saturated carbocycles. The monoisotopic (exact) mass is 219 g/mol. The zero-order chi connectivity index (χ0) is 11.7. The maximum atomic E-state index is 9.88. The average Bonchev–Trinajstić information content (AvgIpc) is 2.59. The van der Waals surface area contributed by atoms with Crippen LogP contribution in [0.1, 0.15) is 25.6 Å². The highest BCUT2D eigenvalue weighted by Gasteiger charge is 2.15. The van der Waals surface area contributed by atoms with E-state index in [9.17, 15) is 5.11 Å². The zero-order valence-electron chi connectivity index (χ0n) is 9.64. The number of rotatable bonds is 3. The molecule has 0 amide bonds.